The number of amides is 1. The van der Waals surface area contributed by atoms with Crippen LogP contribution in [0.4, 0.5) is 0 Å². The highest BCUT2D eigenvalue weighted by Crippen LogP contribution is 2.19. The van der Waals surface area contributed by atoms with E-state index in [0.29, 0.717) is 12.4 Å². The Morgan fingerprint density at radius 3 is 3.33 bits per heavy atom. The summed E-state index contributed by atoms with van der Waals surface area (Å²) in [4.78, 5) is 10.5. The smallest absolute Gasteiger partial charge is 0.252 e. The number of rotatable bonds is 0. The molecule has 9 heavy (non-hydrogen) atoms. The van der Waals surface area contributed by atoms with Crippen molar-refractivity contribution in [2.75, 3.05) is 6.61 Å². The molecule has 2 heterocycles. The molecule has 2 rings (SSSR count). The van der Waals surface area contributed by atoms with Crippen LogP contribution in [0.15, 0.2) is 23.6 Å². The van der Waals surface area contributed by atoms with Gasteiger partial charge in [0.15, 0.2) is 0 Å². The third-order valence-corrected chi connectivity index (χ3v) is 1.31. The van der Waals surface area contributed by atoms with Crippen molar-refractivity contribution in [1.82, 2.24) is 5.32 Å². The first kappa shape index (κ1) is 4.61. The van der Waals surface area contributed by atoms with Crippen LogP contribution in [-0.4, -0.2) is 12.5 Å². The largest absolute Gasteiger partial charge is 0.487 e. The van der Waals surface area contributed by atoms with Crippen LogP contribution < -0.4 is 5.32 Å². The Bertz CT molecular complexity index is 227. The van der Waals surface area contributed by atoms with Gasteiger partial charge in [0.1, 0.15) is 12.4 Å². The van der Waals surface area contributed by atoms with Gasteiger partial charge in [-0.3, -0.25) is 4.79 Å². The Balaban J connectivity index is 2.41. The van der Waals surface area contributed by atoms with Crippen molar-refractivity contribution in [1.29, 1.82) is 0 Å². The van der Waals surface area contributed by atoms with E-state index in [-0.39, 0.29) is 5.91 Å². The van der Waals surface area contributed by atoms with Crippen molar-refractivity contribution in [3.05, 3.63) is 23.6 Å². The summed E-state index contributed by atoms with van der Waals surface area (Å²) in [6, 6.07) is 0. The first-order valence-corrected chi connectivity index (χ1v) is 2.72. The van der Waals surface area contributed by atoms with Gasteiger partial charge < -0.3 is 10.1 Å². The first-order chi connectivity index (χ1) is 4.36. The molecule has 0 radical (unpaired) electrons. The summed E-state index contributed by atoms with van der Waals surface area (Å²) in [6.45, 7) is 0.585. The minimum Gasteiger partial charge on any atom is -0.487 e. The molecule has 0 aromatic rings. The molecule has 0 atom stereocenters. The van der Waals surface area contributed by atoms with E-state index in [4.69, 9.17) is 4.74 Å². The molecule has 0 aromatic carbocycles. The average molecular weight is 123 g/mol. The fraction of sp³-hybridized carbons (Fsp3) is 0.167. The number of carbonyl (C=O) groups is 1. The van der Waals surface area contributed by atoms with Gasteiger partial charge in [0.2, 0.25) is 0 Å². The Kier molecular flexibility index (Phi) is 0.704. The van der Waals surface area contributed by atoms with Gasteiger partial charge in [0, 0.05) is 6.08 Å². The molecule has 3 nitrogen and oxygen atoms in total. The minimum atomic E-state index is -0.0871. The second kappa shape index (κ2) is 1.37. The maximum Gasteiger partial charge on any atom is 0.252 e. The second-order valence-electron chi connectivity index (χ2n) is 1.93. The van der Waals surface area contributed by atoms with Gasteiger partial charge in [-0.1, -0.05) is 0 Å². The summed E-state index contributed by atoms with van der Waals surface area (Å²) >= 11 is 0. The van der Waals surface area contributed by atoms with E-state index in [1.165, 1.54) is 6.08 Å². The van der Waals surface area contributed by atoms with Crippen LogP contribution in [0, 0.1) is 0 Å². The number of hydrogen-bond acceptors (Lipinski definition) is 2. The monoisotopic (exact) mass is 123 g/mol. The van der Waals surface area contributed by atoms with Crippen molar-refractivity contribution >= 4 is 5.91 Å². The third kappa shape index (κ3) is 0.543. The van der Waals surface area contributed by atoms with E-state index in [1.54, 1.807) is 0 Å². The van der Waals surface area contributed by atoms with Gasteiger partial charge in [0.05, 0.1) is 5.70 Å². The van der Waals surface area contributed by atoms with Crippen LogP contribution in [-0.2, 0) is 9.53 Å². The highest BCUT2D eigenvalue weighted by molar-refractivity contribution is 5.94. The van der Waals surface area contributed by atoms with E-state index in [2.05, 4.69) is 5.32 Å². The predicted octanol–water partition coefficient (Wildman–Crippen LogP) is -0.0858. The summed E-state index contributed by atoms with van der Waals surface area (Å²) in [6.07, 6.45) is 3.30. The summed E-state index contributed by atoms with van der Waals surface area (Å²) < 4.78 is 5.03. The molecular weight excluding hydrogens is 118 g/mol. The average Bonchev–Trinajstić information content (AvgIpc) is 2.22. The zero-order valence-corrected chi connectivity index (χ0v) is 4.68. The molecule has 3 heteroatoms. The van der Waals surface area contributed by atoms with Gasteiger partial charge >= 0.3 is 0 Å². The predicted molar refractivity (Wildman–Crippen MR) is 30.3 cm³/mol. The number of carbonyl (C=O) groups excluding carboxylic acids is 1. The van der Waals surface area contributed by atoms with E-state index >= 15 is 0 Å². The molecule has 2 aliphatic rings. The van der Waals surface area contributed by atoms with Crippen LogP contribution in [0.5, 0.6) is 0 Å². The van der Waals surface area contributed by atoms with Gasteiger partial charge in [-0.05, 0) is 6.08 Å². The Labute approximate surface area is 52.0 Å². The fourth-order valence-corrected chi connectivity index (χ4v) is 0.913. The fourth-order valence-electron chi connectivity index (χ4n) is 0.913. The maximum absolute atomic E-state index is 10.5. The Morgan fingerprint density at radius 2 is 2.56 bits per heavy atom. The van der Waals surface area contributed by atoms with E-state index < -0.39 is 0 Å². The van der Waals surface area contributed by atoms with Crippen molar-refractivity contribution < 1.29 is 9.53 Å². The van der Waals surface area contributed by atoms with Crippen molar-refractivity contribution in [2.24, 2.45) is 0 Å². The molecule has 0 saturated heterocycles. The van der Waals surface area contributed by atoms with E-state index in [9.17, 15) is 4.79 Å². The number of ether oxygens (including phenoxy) is 1. The number of nitrogens with one attached hydrogen (secondary N) is 1. The third-order valence-electron chi connectivity index (χ3n) is 1.31. The molecule has 0 saturated carbocycles. The van der Waals surface area contributed by atoms with Crippen LogP contribution in [0.25, 0.3) is 0 Å². The molecule has 0 unspecified atom stereocenters. The molecule has 0 spiro atoms. The lowest BCUT2D eigenvalue weighted by molar-refractivity contribution is -0.115. The quantitative estimate of drug-likeness (QED) is 0.489. The standard InChI is InChI=1S/C6H5NO2/c8-6-3-5-4(7-6)1-2-9-5/h1,3H,2H2,(H,7,8). The molecule has 1 amide bonds. The van der Waals surface area contributed by atoms with Crippen molar-refractivity contribution in [2.45, 2.75) is 0 Å². The van der Waals surface area contributed by atoms with E-state index in [0.717, 1.165) is 5.70 Å². The van der Waals surface area contributed by atoms with E-state index in [1.807, 2.05) is 6.08 Å². The van der Waals surface area contributed by atoms with Crippen LogP contribution >= 0.6 is 0 Å². The van der Waals surface area contributed by atoms with Gasteiger partial charge in [-0.15, -0.1) is 0 Å². The highest BCUT2D eigenvalue weighted by Gasteiger charge is 2.21. The molecule has 0 aliphatic carbocycles. The van der Waals surface area contributed by atoms with Crippen LogP contribution in [0.2, 0.25) is 0 Å². The summed E-state index contributed by atoms with van der Waals surface area (Å²) in [5.74, 6) is 0.593. The van der Waals surface area contributed by atoms with Crippen molar-refractivity contribution in [3.8, 4) is 0 Å². The van der Waals surface area contributed by atoms with Gasteiger partial charge in [-0.25, -0.2) is 0 Å². The zero-order chi connectivity index (χ0) is 6.27. The molecule has 0 aromatic heterocycles. The lowest BCUT2D eigenvalue weighted by Crippen LogP contribution is -2.12. The zero-order valence-electron chi connectivity index (χ0n) is 4.68. The second-order valence-corrected chi connectivity index (χ2v) is 1.93. The Hall–Kier alpha value is -1.25. The Morgan fingerprint density at radius 1 is 1.67 bits per heavy atom. The van der Waals surface area contributed by atoms with Gasteiger partial charge in [-0.2, -0.15) is 0 Å². The topological polar surface area (TPSA) is 38.3 Å². The molecular formula is C6H5NO2. The molecule has 1 N–H and O–H groups in total. The molecule has 0 bridgehead atoms. The normalized spacial score (nSPS) is 22.0. The summed E-state index contributed by atoms with van der Waals surface area (Å²) in [7, 11) is 0. The lowest BCUT2D eigenvalue weighted by Gasteiger charge is -1.92. The minimum absolute atomic E-state index is 0.0871. The highest BCUT2D eigenvalue weighted by atomic mass is 16.5. The number of fused-ring (bicyclic) bond motifs is 1. The summed E-state index contributed by atoms with van der Waals surface area (Å²) in [5.41, 5.74) is 0.819. The first-order valence-electron chi connectivity index (χ1n) is 2.72. The molecule has 46 valence electrons. The SMILES string of the molecule is O=C1C=C2OCC=C2N1. The molecule has 0 fully saturated rings. The molecule has 2 aliphatic heterocycles. The lowest BCUT2D eigenvalue weighted by atomic mass is 10.4. The maximum atomic E-state index is 10.5. The number of hydrogen-bond donors (Lipinski definition) is 1. The summed E-state index contributed by atoms with van der Waals surface area (Å²) in [5, 5.41) is 2.62. The van der Waals surface area contributed by atoms with Crippen molar-refractivity contribution in [3.63, 3.8) is 0 Å². The van der Waals surface area contributed by atoms with Crippen LogP contribution in [0.1, 0.15) is 0 Å². The van der Waals surface area contributed by atoms with Crippen LogP contribution in [0.3, 0.4) is 0 Å². The van der Waals surface area contributed by atoms with Gasteiger partial charge in [0.25, 0.3) is 5.91 Å².